The van der Waals surface area contributed by atoms with Gasteiger partial charge >= 0.3 is 0 Å². The maximum absolute atomic E-state index is 12.6. The largest absolute Gasteiger partial charge is 0.359 e. The van der Waals surface area contributed by atoms with Crippen molar-refractivity contribution >= 4 is 23.4 Å². The number of anilines is 1. The maximum atomic E-state index is 12.6. The average Bonchev–Trinajstić information content (AvgIpc) is 2.74. The zero-order valence-corrected chi connectivity index (χ0v) is 15.3. The van der Waals surface area contributed by atoms with Gasteiger partial charge in [-0.05, 0) is 49.2 Å². The first-order chi connectivity index (χ1) is 13.1. The van der Waals surface area contributed by atoms with Gasteiger partial charge in [-0.2, -0.15) is 0 Å². The molecule has 1 aliphatic heterocycles. The number of carbonyl (C=O) groups excluding carboxylic acids is 3. The normalized spacial score (nSPS) is 14.5. The number of benzene rings is 2. The van der Waals surface area contributed by atoms with Gasteiger partial charge in [0, 0.05) is 42.9 Å². The highest BCUT2D eigenvalue weighted by molar-refractivity contribution is 6.04. The first kappa shape index (κ1) is 18.6. The predicted molar refractivity (Wildman–Crippen MR) is 104 cm³/mol. The molecule has 2 aromatic rings. The van der Waals surface area contributed by atoms with Crippen molar-refractivity contribution in [2.75, 3.05) is 25.5 Å². The molecule has 1 saturated heterocycles. The zero-order chi connectivity index (χ0) is 19.2. The second-order valence-electron chi connectivity index (χ2n) is 6.58. The van der Waals surface area contributed by atoms with E-state index in [0.29, 0.717) is 42.7 Å². The van der Waals surface area contributed by atoms with Gasteiger partial charge in [0.1, 0.15) is 0 Å². The van der Waals surface area contributed by atoms with Crippen LogP contribution in [0.25, 0.3) is 0 Å². The third-order valence-corrected chi connectivity index (χ3v) is 4.83. The van der Waals surface area contributed by atoms with E-state index in [4.69, 9.17) is 0 Å². The van der Waals surface area contributed by atoms with Crippen molar-refractivity contribution < 1.29 is 14.4 Å². The molecule has 0 atom stereocenters. The van der Waals surface area contributed by atoms with Gasteiger partial charge in [-0.3, -0.25) is 14.4 Å². The maximum Gasteiger partial charge on any atom is 0.255 e. The Kier molecular flexibility index (Phi) is 5.86. The summed E-state index contributed by atoms with van der Waals surface area (Å²) in [5.74, 6) is -0.215. The van der Waals surface area contributed by atoms with Gasteiger partial charge < -0.3 is 15.5 Å². The minimum absolute atomic E-state index is 0.0189. The molecule has 0 radical (unpaired) electrons. The van der Waals surface area contributed by atoms with E-state index in [1.807, 2.05) is 18.2 Å². The topological polar surface area (TPSA) is 78.5 Å². The van der Waals surface area contributed by atoms with Gasteiger partial charge in [0.15, 0.2) is 0 Å². The smallest absolute Gasteiger partial charge is 0.255 e. The third kappa shape index (κ3) is 4.53. The molecule has 6 heteroatoms. The summed E-state index contributed by atoms with van der Waals surface area (Å²) in [7, 11) is 1.64. The van der Waals surface area contributed by atoms with Crippen LogP contribution in [0, 0.1) is 5.92 Å². The summed E-state index contributed by atoms with van der Waals surface area (Å²) in [6, 6.07) is 15.9. The molecule has 1 heterocycles. The molecule has 0 unspecified atom stereocenters. The number of rotatable bonds is 4. The van der Waals surface area contributed by atoms with E-state index in [2.05, 4.69) is 10.6 Å². The molecule has 140 valence electrons. The van der Waals surface area contributed by atoms with Gasteiger partial charge in [0.2, 0.25) is 5.91 Å². The monoisotopic (exact) mass is 365 g/mol. The minimum atomic E-state index is -0.189. The SMILES string of the molecule is CNC(=O)C1CCN(C(=O)c2ccc(NC(=O)c3ccccc3)cc2)CC1. The van der Waals surface area contributed by atoms with Gasteiger partial charge in [0.25, 0.3) is 11.8 Å². The predicted octanol–water partition coefficient (Wildman–Crippen LogP) is 2.54. The van der Waals surface area contributed by atoms with Crippen LogP contribution in [0.2, 0.25) is 0 Å². The average molecular weight is 365 g/mol. The number of likely N-dealkylation sites (tertiary alicyclic amines) is 1. The van der Waals surface area contributed by atoms with E-state index in [1.54, 1.807) is 48.3 Å². The van der Waals surface area contributed by atoms with E-state index < -0.39 is 0 Å². The molecule has 0 saturated carbocycles. The van der Waals surface area contributed by atoms with Crippen molar-refractivity contribution in [2.45, 2.75) is 12.8 Å². The van der Waals surface area contributed by atoms with Crippen LogP contribution >= 0.6 is 0 Å². The summed E-state index contributed by atoms with van der Waals surface area (Å²) in [6.45, 7) is 1.15. The number of piperidine rings is 1. The molecule has 2 aromatic carbocycles. The lowest BCUT2D eigenvalue weighted by atomic mass is 9.95. The molecule has 0 bridgehead atoms. The molecule has 0 spiro atoms. The molecule has 2 N–H and O–H groups in total. The van der Waals surface area contributed by atoms with Crippen LogP contribution in [0.3, 0.4) is 0 Å². The molecular weight excluding hydrogens is 342 g/mol. The highest BCUT2D eigenvalue weighted by Crippen LogP contribution is 2.20. The van der Waals surface area contributed by atoms with Crippen LogP contribution in [0.5, 0.6) is 0 Å². The van der Waals surface area contributed by atoms with E-state index in [-0.39, 0.29) is 23.6 Å². The minimum Gasteiger partial charge on any atom is -0.359 e. The first-order valence-corrected chi connectivity index (χ1v) is 9.06. The van der Waals surface area contributed by atoms with Gasteiger partial charge in [0.05, 0.1) is 0 Å². The van der Waals surface area contributed by atoms with Crippen LogP contribution in [0.1, 0.15) is 33.6 Å². The Bertz CT molecular complexity index is 810. The molecule has 1 fully saturated rings. The number of nitrogens with zero attached hydrogens (tertiary/aromatic N) is 1. The Balaban J connectivity index is 1.58. The van der Waals surface area contributed by atoms with Crippen LogP contribution in [-0.2, 0) is 4.79 Å². The Morgan fingerprint density at radius 2 is 1.52 bits per heavy atom. The summed E-state index contributed by atoms with van der Waals surface area (Å²) in [5, 5.41) is 5.49. The fraction of sp³-hybridized carbons (Fsp3) is 0.286. The molecule has 1 aliphatic rings. The summed E-state index contributed by atoms with van der Waals surface area (Å²) >= 11 is 0. The van der Waals surface area contributed by atoms with Crippen molar-refractivity contribution in [2.24, 2.45) is 5.92 Å². The Labute approximate surface area is 158 Å². The summed E-state index contributed by atoms with van der Waals surface area (Å²) < 4.78 is 0. The molecule has 27 heavy (non-hydrogen) atoms. The van der Waals surface area contributed by atoms with Crippen molar-refractivity contribution in [1.29, 1.82) is 0 Å². The zero-order valence-electron chi connectivity index (χ0n) is 15.3. The quantitative estimate of drug-likeness (QED) is 0.874. The van der Waals surface area contributed by atoms with Crippen molar-refractivity contribution in [3.05, 3.63) is 65.7 Å². The lowest BCUT2D eigenvalue weighted by Crippen LogP contribution is -2.42. The van der Waals surface area contributed by atoms with Crippen LogP contribution < -0.4 is 10.6 Å². The summed E-state index contributed by atoms with van der Waals surface area (Å²) in [6.07, 6.45) is 1.35. The number of carbonyl (C=O) groups is 3. The molecule has 3 amide bonds. The number of hydrogen-bond donors (Lipinski definition) is 2. The number of hydrogen-bond acceptors (Lipinski definition) is 3. The van der Waals surface area contributed by atoms with E-state index >= 15 is 0 Å². The fourth-order valence-corrected chi connectivity index (χ4v) is 3.22. The fourth-order valence-electron chi connectivity index (χ4n) is 3.22. The molecular formula is C21H23N3O3. The van der Waals surface area contributed by atoms with Crippen molar-refractivity contribution in [3.63, 3.8) is 0 Å². The second-order valence-corrected chi connectivity index (χ2v) is 6.58. The lowest BCUT2D eigenvalue weighted by molar-refractivity contribution is -0.125. The van der Waals surface area contributed by atoms with E-state index in [9.17, 15) is 14.4 Å². The number of amides is 3. The van der Waals surface area contributed by atoms with Crippen LogP contribution in [-0.4, -0.2) is 42.8 Å². The lowest BCUT2D eigenvalue weighted by Gasteiger charge is -2.31. The second kappa shape index (κ2) is 8.49. The van der Waals surface area contributed by atoms with Gasteiger partial charge in [-0.1, -0.05) is 18.2 Å². The molecule has 0 aliphatic carbocycles. The van der Waals surface area contributed by atoms with Gasteiger partial charge in [-0.15, -0.1) is 0 Å². The Morgan fingerprint density at radius 3 is 2.11 bits per heavy atom. The standard InChI is InChI=1S/C21H23N3O3/c1-22-19(25)16-11-13-24(14-12-16)21(27)17-7-9-18(10-8-17)23-20(26)15-5-3-2-4-6-15/h2-10,16H,11-14H2,1H3,(H,22,25)(H,23,26). The summed E-state index contributed by atoms with van der Waals surface area (Å²) in [5.41, 5.74) is 1.79. The number of nitrogens with one attached hydrogen (secondary N) is 2. The van der Waals surface area contributed by atoms with Crippen LogP contribution in [0.15, 0.2) is 54.6 Å². The van der Waals surface area contributed by atoms with Crippen molar-refractivity contribution in [1.82, 2.24) is 10.2 Å². The highest BCUT2D eigenvalue weighted by atomic mass is 16.2. The van der Waals surface area contributed by atoms with E-state index in [0.717, 1.165) is 0 Å². The van der Waals surface area contributed by atoms with Crippen molar-refractivity contribution in [3.8, 4) is 0 Å². The first-order valence-electron chi connectivity index (χ1n) is 9.06. The summed E-state index contributed by atoms with van der Waals surface area (Å²) in [4.78, 5) is 38.3. The third-order valence-electron chi connectivity index (χ3n) is 4.83. The molecule has 6 nitrogen and oxygen atoms in total. The van der Waals surface area contributed by atoms with E-state index in [1.165, 1.54) is 0 Å². The Hall–Kier alpha value is -3.15. The molecule has 3 rings (SSSR count). The molecule has 0 aromatic heterocycles. The van der Waals surface area contributed by atoms with Gasteiger partial charge in [-0.25, -0.2) is 0 Å². The highest BCUT2D eigenvalue weighted by Gasteiger charge is 2.27. The van der Waals surface area contributed by atoms with Crippen LogP contribution in [0.4, 0.5) is 5.69 Å². The Morgan fingerprint density at radius 1 is 0.889 bits per heavy atom.